The summed E-state index contributed by atoms with van der Waals surface area (Å²) in [6.07, 6.45) is -2.85. The molecule has 0 spiro atoms. The van der Waals surface area contributed by atoms with E-state index in [1.807, 2.05) is 28.8 Å². The molecule has 0 saturated carbocycles. The van der Waals surface area contributed by atoms with Crippen molar-refractivity contribution in [3.05, 3.63) is 71.7 Å². The Balaban J connectivity index is 1.36. The molecule has 0 aliphatic carbocycles. The fraction of sp³-hybridized carbons (Fsp3) is 0.227. The number of rotatable bonds is 4. The van der Waals surface area contributed by atoms with E-state index >= 15 is 0 Å². The average Bonchev–Trinajstić information content (AvgIpc) is 3.45. The van der Waals surface area contributed by atoms with Crippen molar-refractivity contribution in [1.82, 2.24) is 19.7 Å². The van der Waals surface area contributed by atoms with Crippen LogP contribution < -0.4 is 4.74 Å². The zero-order valence-electron chi connectivity index (χ0n) is 16.8. The van der Waals surface area contributed by atoms with Gasteiger partial charge in [-0.15, -0.1) is 0 Å². The highest BCUT2D eigenvalue weighted by atomic mass is 19.4. The van der Waals surface area contributed by atoms with Crippen LogP contribution in [0.2, 0.25) is 0 Å². The molecular weight excluding hydrogens is 425 g/mol. The topological polar surface area (TPSA) is 75.2 Å². The van der Waals surface area contributed by atoms with Crippen LogP contribution in [0.15, 0.2) is 59.4 Å². The van der Waals surface area contributed by atoms with E-state index in [4.69, 9.17) is 14.0 Å². The van der Waals surface area contributed by atoms with Crippen LogP contribution >= 0.6 is 0 Å². The fourth-order valence-corrected chi connectivity index (χ4v) is 3.57. The van der Waals surface area contributed by atoms with Gasteiger partial charge >= 0.3 is 6.18 Å². The second-order valence-corrected chi connectivity index (χ2v) is 7.26. The van der Waals surface area contributed by atoms with Crippen LogP contribution in [0.4, 0.5) is 13.2 Å². The molecule has 0 radical (unpaired) electrons. The summed E-state index contributed by atoms with van der Waals surface area (Å²) in [5.74, 6) is 1.14. The first-order valence-electron chi connectivity index (χ1n) is 9.73. The molecule has 5 rings (SSSR count). The first kappa shape index (κ1) is 20.3. The standard InChI is InChI=1S/C22H17F3N4O3/c1-30-16-8-4-13(5-9-16)18-10-29-12-26-19(17(29)11-31-18)21-27-20(28-32-21)14-2-6-15(7-3-14)22(23,24)25/h2-9,12,18H,10-11H2,1H3/t18-/m1/s1. The Hall–Kier alpha value is -3.66. The summed E-state index contributed by atoms with van der Waals surface area (Å²) in [5.41, 5.74) is 1.98. The molecule has 4 aromatic rings. The zero-order valence-corrected chi connectivity index (χ0v) is 16.8. The molecule has 0 saturated heterocycles. The van der Waals surface area contributed by atoms with E-state index in [1.54, 1.807) is 13.4 Å². The number of methoxy groups -OCH3 is 1. The Kier molecular flexibility index (Phi) is 4.93. The molecular formula is C22H17F3N4O3. The van der Waals surface area contributed by atoms with Gasteiger partial charge in [0.05, 0.1) is 37.8 Å². The van der Waals surface area contributed by atoms with Crippen LogP contribution in [-0.2, 0) is 24.1 Å². The molecule has 3 heterocycles. The number of hydrogen-bond donors (Lipinski definition) is 0. The highest BCUT2D eigenvalue weighted by molar-refractivity contribution is 5.59. The molecule has 164 valence electrons. The smallest absolute Gasteiger partial charge is 0.416 e. The van der Waals surface area contributed by atoms with Crippen molar-refractivity contribution in [2.75, 3.05) is 7.11 Å². The number of fused-ring (bicyclic) bond motifs is 1. The SMILES string of the molecule is COc1ccc([C@H]2Cn3cnc(-c4nc(-c5ccc(C(F)(F)F)cc5)no4)c3CO2)cc1. The monoisotopic (exact) mass is 442 g/mol. The third-order valence-electron chi connectivity index (χ3n) is 5.32. The van der Waals surface area contributed by atoms with E-state index in [0.717, 1.165) is 29.1 Å². The van der Waals surface area contributed by atoms with Gasteiger partial charge in [0.1, 0.15) is 11.9 Å². The molecule has 10 heteroatoms. The van der Waals surface area contributed by atoms with E-state index in [-0.39, 0.29) is 17.8 Å². The van der Waals surface area contributed by atoms with Gasteiger partial charge in [-0.1, -0.05) is 29.4 Å². The summed E-state index contributed by atoms with van der Waals surface area (Å²) in [6.45, 7) is 0.860. The minimum atomic E-state index is -4.40. The quantitative estimate of drug-likeness (QED) is 0.448. The van der Waals surface area contributed by atoms with Crippen molar-refractivity contribution in [3.8, 4) is 28.7 Å². The van der Waals surface area contributed by atoms with Crippen molar-refractivity contribution < 1.29 is 27.2 Å². The largest absolute Gasteiger partial charge is 0.497 e. The molecule has 0 amide bonds. The number of hydrogen-bond acceptors (Lipinski definition) is 6. The number of benzene rings is 2. The molecule has 32 heavy (non-hydrogen) atoms. The average molecular weight is 442 g/mol. The van der Waals surface area contributed by atoms with Crippen molar-refractivity contribution >= 4 is 0 Å². The van der Waals surface area contributed by atoms with Gasteiger partial charge in [0.2, 0.25) is 5.82 Å². The Labute approximate surface area is 180 Å². The predicted molar refractivity (Wildman–Crippen MR) is 106 cm³/mol. The van der Waals surface area contributed by atoms with Gasteiger partial charge in [0, 0.05) is 5.56 Å². The first-order chi connectivity index (χ1) is 15.4. The van der Waals surface area contributed by atoms with E-state index in [0.29, 0.717) is 24.4 Å². The van der Waals surface area contributed by atoms with Gasteiger partial charge in [-0.3, -0.25) is 0 Å². The summed E-state index contributed by atoms with van der Waals surface area (Å²) in [7, 11) is 1.62. The second kappa shape index (κ2) is 7.79. The molecule has 0 N–H and O–H groups in total. The lowest BCUT2D eigenvalue weighted by atomic mass is 10.1. The Morgan fingerprint density at radius 3 is 2.50 bits per heavy atom. The van der Waals surface area contributed by atoms with Gasteiger partial charge in [0.15, 0.2) is 5.69 Å². The lowest BCUT2D eigenvalue weighted by Gasteiger charge is -2.25. The number of nitrogens with zero attached hydrogens (tertiary/aromatic N) is 4. The molecule has 2 aromatic heterocycles. The molecule has 0 unspecified atom stereocenters. The van der Waals surface area contributed by atoms with Gasteiger partial charge in [0.25, 0.3) is 5.89 Å². The van der Waals surface area contributed by atoms with Crippen LogP contribution in [0.25, 0.3) is 23.0 Å². The van der Waals surface area contributed by atoms with Gasteiger partial charge < -0.3 is 18.6 Å². The van der Waals surface area contributed by atoms with Gasteiger partial charge in [-0.2, -0.15) is 18.2 Å². The number of imidazole rings is 1. The van der Waals surface area contributed by atoms with Gasteiger partial charge in [-0.05, 0) is 29.8 Å². The number of ether oxygens (including phenoxy) is 2. The minimum Gasteiger partial charge on any atom is -0.497 e. The minimum absolute atomic E-state index is 0.138. The fourth-order valence-electron chi connectivity index (χ4n) is 3.57. The van der Waals surface area contributed by atoms with Crippen LogP contribution in [0, 0.1) is 0 Å². The summed E-state index contributed by atoms with van der Waals surface area (Å²) in [6, 6.07) is 12.3. The molecule has 7 nitrogen and oxygen atoms in total. The van der Waals surface area contributed by atoms with Crippen molar-refractivity contribution in [1.29, 1.82) is 0 Å². The maximum absolute atomic E-state index is 12.8. The van der Waals surface area contributed by atoms with E-state index in [9.17, 15) is 13.2 Å². The van der Waals surface area contributed by atoms with E-state index in [1.165, 1.54) is 12.1 Å². The summed E-state index contributed by atoms with van der Waals surface area (Å²) in [4.78, 5) is 8.71. The predicted octanol–water partition coefficient (Wildman–Crippen LogP) is 4.90. The molecule has 1 aliphatic rings. The lowest BCUT2D eigenvalue weighted by molar-refractivity contribution is -0.137. The number of aromatic nitrogens is 4. The third-order valence-corrected chi connectivity index (χ3v) is 5.32. The second-order valence-electron chi connectivity index (χ2n) is 7.26. The maximum Gasteiger partial charge on any atom is 0.416 e. The van der Waals surface area contributed by atoms with Crippen LogP contribution in [0.5, 0.6) is 5.75 Å². The summed E-state index contributed by atoms with van der Waals surface area (Å²) < 4.78 is 56.8. The summed E-state index contributed by atoms with van der Waals surface area (Å²) in [5, 5.41) is 3.89. The Morgan fingerprint density at radius 2 is 1.81 bits per heavy atom. The van der Waals surface area contributed by atoms with Crippen LogP contribution in [-0.4, -0.2) is 26.8 Å². The van der Waals surface area contributed by atoms with Crippen molar-refractivity contribution in [2.45, 2.75) is 25.4 Å². The van der Waals surface area contributed by atoms with E-state index in [2.05, 4.69) is 15.1 Å². The third kappa shape index (κ3) is 3.73. The molecule has 1 aliphatic heterocycles. The number of halogens is 3. The van der Waals surface area contributed by atoms with Crippen LogP contribution in [0.3, 0.4) is 0 Å². The Bertz CT molecular complexity index is 1230. The highest BCUT2D eigenvalue weighted by Gasteiger charge is 2.30. The van der Waals surface area contributed by atoms with Crippen molar-refractivity contribution in [3.63, 3.8) is 0 Å². The Morgan fingerprint density at radius 1 is 1.06 bits per heavy atom. The molecule has 2 aromatic carbocycles. The maximum atomic E-state index is 12.8. The van der Waals surface area contributed by atoms with E-state index < -0.39 is 11.7 Å². The number of alkyl halides is 3. The molecule has 1 atom stereocenters. The normalized spacial score (nSPS) is 16.1. The van der Waals surface area contributed by atoms with Gasteiger partial charge in [-0.25, -0.2) is 4.98 Å². The zero-order chi connectivity index (χ0) is 22.3. The van der Waals surface area contributed by atoms with Crippen molar-refractivity contribution in [2.24, 2.45) is 0 Å². The first-order valence-corrected chi connectivity index (χ1v) is 9.73. The summed E-state index contributed by atoms with van der Waals surface area (Å²) >= 11 is 0. The highest BCUT2D eigenvalue weighted by Crippen LogP contribution is 2.33. The lowest BCUT2D eigenvalue weighted by Crippen LogP contribution is -2.20. The molecule has 0 fully saturated rings. The molecule has 0 bridgehead atoms. The van der Waals surface area contributed by atoms with Crippen LogP contribution in [0.1, 0.15) is 22.9 Å².